The van der Waals surface area contributed by atoms with Crippen LogP contribution in [0.15, 0.2) is 42.5 Å². The lowest BCUT2D eigenvalue weighted by Crippen LogP contribution is -2.64. The van der Waals surface area contributed by atoms with Crippen molar-refractivity contribution < 1.29 is 23.9 Å². The molecule has 2 aliphatic heterocycles. The summed E-state index contributed by atoms with van der Waals surface area (Å²) in [6, 6.07) is 12.5. The third-order valence-electron chi connectivity index (χ3n) is 6.96. The van der Waals surface area contributed by atoms with Gasteiger partial charge in [-0.1, -0.05) is 32.0 Å². The Kier molecular flexibility index (Phi) is 7.24. The van der Waals surface area contributed by atoms with Gasteiger partial charge in [0.05, 0.1) is 30.5 Å². The summed E-state index contributed by atoms with van der Waals surface area (Å²) >= 11 is 0. The summed E-state index contributed by atoms with van der Waals surface area (Å²) in [7, 11) is 0. The fraction of sp³-hybridized carbons (Fsp3) is 0.464. The Balaban J connectivity index is 1.59. The molecule has 8 heteroatoms. The molecule has 8 nitrogen and oxygen atoms in total. The van der Waals surface area contributed by atoms with E-state index in [1.165, 1.54) is 4.90 Å². The number of carbonyl (C=O) groups is 3. The number of para-hydroxylation sites is 1. The summed E-state index contributed by atoms with van der Waals surface area (Å²) in [5.41, 5.74) is 1.06. The zero-order valence-corrected chi connectivity index (χ0v) is 21.7. The monoisotopic (exact) mass is 493 g/mol. The molecule has 4 rings (SSSR count). The summed E-state index contributed by atoms with van der Waals surface area (Å²) in [5, 5.41) is 3.12. The maximum atomic E-state index is 13.5. The average molecular weight is 494 g/mol. The van der Waals surface area contributed by atoms with Crippen LogP contribution >= 0.6 is 0 Å². The van der Waals surface area contributed by atoms with Crippen LogP contribution in [0, 0.1) is 5.92 Å². The number of fused-ring (bicyclic) bond motifs is 3. The zero-order chi connectivity index (χ0) is 26.0. The largest absolute Gasteiger partial charge is 0.490 e. The molecule has 0 spiro atoms. The van der Waals surface area contributed by atoms with Crippen molar-refractivity contribution in [2.75, 3.05) is 24.7 Å². The second-order valence-corrected chi connectivity index (χ2v) is 9.72. The van der Waals surface area contributed by atoms with E-state index in [1.54, 1.807) is 23.1 Å². The van der Waals surface area contributed by atoms with E-state index in [2.05, 4.69) is 5.32 Å². The van der Waals surface area contributed by atoms with E-state index in [0.29, 0.717) is 48.8 Å². The number of anilines is 1. The van der Waals surface area contributed by atoms with Crippen LogP contribution in [-0.4, -0.2) is 48.0 Å². The number of nitrogens with zero attached hydrogens (tertiary/aromatic N) is 2. The van der Waals surface area contributed by atoms with Crippen LogP contribution in [-0.2, 0) is 9.59 Å². The molecule has 0 aromatic heterocycles. The first kappa shape index (κ1) is 25.5. The van der Waals surface area contributed by atoms with Crippen LogP contribution in [0.4, 0.5) is 5.69 Å². The molecule has 0 saturated carbocycles. The minimum absolute atomic E-state index is 0.0410. The summed E-state index contributed by atoms with van der Waals surface area (Å²) < 4.78 is 11.5. The molecule has 0 radical (unpaired) electrons. The first-order chi connectivity index (χ1) is 17.2. The van der Waals surface area contributed by atoms with Crippen molar-refractivity contribution in [3.8, 4) is 11.5 Å². The van der Waals surface area contributed by atoms with Crippen LogP contribution in [0.25, 0.3) is 0 Å². The Morgan fingerprint density at radius 1 is 1.06 bits per heavy atom. The van der Waals surface area contributed by atoms with Gasteiger partial charge in [-0.3, -0.25) is 19.3 Å². The molecule has 0 bridgehead atoms. The zero-order valence-electron chi connectivity index (χ0n) is 21.7. The number of benzene rings is 2. The topological polar surface area (TPSA) is 88.2 Å². The number of hydrogen-bond acceptors (Lipinski definition) is 5. The first-order valence-electron chi connectivity index (χ1n) is 12.6. The number of carbonyl (C=O) groups excluding carboxylic acids is 3. The molecule has 2 aromatic carbocycles. The molecular formula is C28H35N3O5. The Labute approximate surface area is 212 Å². The number of ether oxygens (including phenoxy) is 2. The summed E-state index contributed by atoms with van der Waals surface area (Å²) in [6.45, 7) is 10.6. The van der Waals surface area contributed by atoms with Crippen molar-refractivity contribution in [3.05, 3.63) is 53.6 Å². The quantitative estimate of drug-likeness (QED) is 0.563. The van der Waals surface area contributed by atoms with Crippen LogP contribution in [0.5, 0.6) is 11.5 Å². The van der Waals surface area contributed by atoms with Gasteiger partial charge in [0.15, 0.2) is 11.5 Å². The standard InChI is InChI=1S/C28H35N3O5/c1-6-35-22-13-12-19(16-23(22)36-7-2)26(18(3)4)29-24(32)17-30-27(34)20-10-8-9-11-21(20)31-25(33)14-15-28(30,31)5/h8-13,16,18,26H,6-7,14-15,17H2,1-5H3,(H,29,32). The van der Waals surface area contributed by atoms with Gasteiger partial charge in [0, 0.05) is 6.42 Å². The molecule has 1 fully saturated rings. The Bertz CT molecular complexity index is 1160. The number of amides is 3. The third-order valence-corrected chi connectivity index (χ3v) is 6.96. The normalized spacial score (nSPS) is 19.7. The van der Waals surface area contributed by atoms with Crippen molar-refractivity contribution in [3.63, 3.8) is 0 Å². The Hall–Kier alpha value is -3.55. The predicted molar refractivity (Wildman–Crippen MR) is 137 cm³/mol. The Morgan fingerprint density at radius 2 is 1.75 bits per heavy atom. The highest BCUT2D eigenvalue weighted by Crippen LogP contribution is 2.44. The number of nitrogens with one attached hydrogen (secondary N) is 1. The minimum Gasteiger partial charge on any atom is -0.490 e. The van der Waals surface area contributed by atoms with E-state index in [4.69, 9.17) is 9.47 Å². The highest BCUT2D eigenvalue weighted by atomic mass is 16.5. The molecule has 1 N–H and O–H groups in total. The molecule has 36 heavy (non-hydrogen) atoms. The minimum atomic E-state index is -0.880. The lowest BCUT2D eigenvalue weighted by Gasteiger charge is -2.48. The fourth-order valence-corrected chi connectivity index (χ4v) is 5.20. The van der Waals surface area contributed by atoms with E-state index >= 15 is 0 Å². The molecule has 1 saturated heterocycles. The van der Waals surface area contributed by atoms with E-state index in [1.807, 2.05) is 58.9 Å². The van der Waals surface area contributed by atoms with Crippen LogP contribution in [0.3, 0.4) is 0 Å². The predicted octanol–water partition coefficient (Wildman–Crippen LogP) is 4.30. The van der Waals surface area contributed by atoms with E-state index in [-0.39, 0.29) is 36.2 Å². The third kappa shape index (κ3) is 4.52. The number of rotatable bonds is 9. The van der Waals surface area contributed by atoms with Gasteiger partial charge in [-0.2, -0.15) is 0 Å². The van der Waals surface area contributed by atoms with Crippen LogP contribution < -0.4 is 19.7 Å². The van der Waals surface area contributed by atoms with Crippen molar-refractivity contribution >= 4 is 23.4 Å². The average Bonchev–Trinajstić information content (AvgIpc) is 3.16. The van der Waals surface area contributed by atoms with Crippen molar-refractivity contribution in [1.82, 2.24) is 10.2 Å². The molecule has 2 unspecified atom stereocenters. The lowest BCUT2D eigenvalue weighted by atomic mass is 9.95. The van der Waals surface area contributed by atoms with E-state index in [9.17, 15) is 14.4 Å². The van der Waals surface area contributed by atoms with Gasteiger partial charge in [-0.15, -0.1) is 0 Å². The maximum absolute atomic E-state index is 13.5. The molecular weight excluding hydrogens is 458 g/mol. The summed E-state index contributed by atoms with van der Waals surface area (Å²) in [5.74, 6) is 0.810. The van der Waals surface area contributed by atoms with Gasteiger partial charge in [0.2, 0.25) is 11.8 Å². The molecule has 192 valence electrons. The van der Waals surface area contributed by atoms with Gasteiger partial charge in [0.25, 0.3) is 5.91 Å². The highest BCUT2D eigenvalue weighted by Gasteiger charge is 2.53. The molecule has 3 amide bonds. The Morgan fingerprint density at radius 3 is 2.44 bits per heavy atom. The van der Waals surface area contributed by atoms with E-state index < -0.39 is 5.66 Å². The van der Waals surface area contributed by atoms with Gasteiger partial charge in [-0.05, 0) is 62.9 Å². The maximum Gasteiger partial charge on any atom is 0.258 e. The first-order valence-corrected chi connectivity index (χ1v) is 12.6. The second kappa shape index (κ2) is 10.2. The summed E-state index contributed by atoms with van der Waals surface area (Å²) in [4.78, 5) is 42.9. The van der Waals surface area contributed by atoms with Gasteiger partial charge < -0.3 is 19.7 Å². The molecule has 0 aliphatic carbocycles. The highest BCUT2D eigenvalue weighted by molar-refractivity contribution is 6.11. The fourth-order valence-electron chi connectivity index (χ4n) is 5.20. The smallest absolute Gasteiger partial charge is 0.258 e. The van der Waals surface area contributed by atoms with Gasteiger partial charge in [-0.25, -0.2) is 0 Å². The van der Waals surface area contributed by atoms with Crippen LogP contribution in [0.2, 0.25) is 0 Å². The van der Waals surface area contributed by atoms with Gasteiger partial charge in [0.1, 0.15) is 12.2 Å². The van der Waals surface area contributed by atoms with E-state index in [0.717, 1.165) is 5.56 Å². The number of hydrogen-bond donors (Lipinski definition) is 1. The van der Waals surface area contributed by atoms with Crippen molar-refractivity contribution in [2.24, 2.45) is 5.92 Å². The molecule has 2 aliphatic rings. The van der Waals surface area contributed by atoms with Gasteiger partial charge >= 0.3 is 0 Å². The molecule has 2 aromatic rings. The van der Waals surface area contributed by atoms with Crippen LogP contribution in [0.1, 0.15) is 69.4 Å². The SMILES string of the molecule is CCOc1ccc(C(NC(=O)CN2C(=O)c3ccccc3N3C(=O)CCC23C)C(C)C)cc1OCC. The lowest BCUT2D eigenvalue weighted by molar-refractivity contribution is -0.125. The van der Waals surface area contributed by atoms with Crippen molar-refractivity contribution in [2.45, 2.75) is 59.2 Å². The van der Waals surface area contributed by atoms with Crippen molar-refractivity contribution in [1.29, 1.82) is 0 Å². The second-order valence-electron chi connectivity index (χ2n) is 9.72. The molecule has 2 heterocycles. The molecule has 2 atom stereocenters. The summed E-state index contributed by atoms with van der Waals surface area (Å²) in [6.07, 6.45) is 0.806.